The van der Waals surface area contributed by atoms with Gasteiger partial charge in [0.1, 0.15) is 5.69 Å². The fourth-order valence-corrected chi connectivity index (χ4v) is 2.70. The summed E-state index contributed by atoms with van der Waals surface area (Å²) in [7, 11) is 0. The van der Waals surface area contributed by atoms with Crippen LogP contribution in [0.1, 0.15) is 37.0 Å². The van der Waals surface area contributed by atoms with Crippen LogP contribution in [-0.4, -0.2) is 16.4 Å². The molecule has 1 N–H and O–H groups in total. The number of aryl methyl sites for hydroxylation is 1. The maximum absolute atomic E-state index is 12.4. The van der Waals surface area contributed by atoms with E-state index in [0.717, 1.165) is 21.9 Å². The quantitative estimate of drug-likeness (QED) is 0.682. The van der Waals surface area contributed by atoms with E-state index < -0.39 is 0 Å². The lowest BCUT2D eigenvalue weighted by Gasteiger charge is -2.20. The predicted molar refractivity (Wildman–Crippen MR) is 91.2 cm³/mol. The van der Waals surface area contributed by atoms with Gasteiger partial charge < -0.3 is 5.32 Å². The summed E-state index contributed by atoms with van der Waals surface area (Å²) < 4.78 is 0. The highest BCUT2D eigenvalue weighted by atomic mass is 16.2. The Morgan fingerprint density at radius 1 is 1.00 bits per heavy atom. The number of pyridine rings is 1. The van der Waals surface area contributed by atoms with Crippen molar-refractivity contribution in [3.63, 3.8) is 0 Å². The SMILES string of the molecule is Cc1nc(C(=O)NC(C)(C)C)cc2c1ccc1ccccc12. The number of aromatic nitrogens is 1. The van der Waals surface area contributed by atoms with E-state index in [1.54, 1.807) is 0 Å². The third-order valence-corrected chi connectivity index (χ3v) is 3.65. The first kappa shape index (κ1) is 14.5. The van der Waals surface area contributed by atoms with Crippen LogP contribution in [0.15, 0.2) is 42.5 Å². The van der Waals surface area contributed by atoms with Crippen LogP contribution in [0.5, 0.6) is 0 Å². The zero-order valence-corrected chi connectivity index (χ0v) is 13.4. The number of hydrogen-bond acceptors (Lipinski definition) is 2. The lowest BCUT2D eigenvalue weighted by atomic mass is 10.0. The summed E-state index contributed by atoms with van der Waals surface area (Å²) in [5, 5.41) is 7.45. The van der Waals surface area contributed by atoms with Crippen molar-refractivity contribution in [3.05, 3.63) is 53.9 Å². The highest BCUT2D eigenvalue weighted by Crippen LogP contribution is 2.27. The minimum Gasteiger partial charge on any atom is -0.346 e. The van der Waals surface area contributed by atoms with Crippen molar-refractivity contribution in [2.75, 3.05) is 0 Å². The van der Waals surface area contributed by atoms with Crippen molar-refractivity contribution in [3.8, 4) is 0 Å². The van der Waals surface area contributed by atoms with E-state index in [2.05, 4.69) is 34.6 Å². The molecule has 0 spiro atoms. The zero-order chi connectivity index (χ0) is 15.9. The first-order valence-corrected chi connectivity index (χ1v) is 7.47. The van der Waals surface area contributed by atoms with E-state index in [9.17, 15) is 4.79 Å². The standard InChI is InChI=1S/C19H20N2O/c1-12-14-10-9-13-7-5-6-8-15(13)16(14)11-17(20-12)18(22)21-19(2,3)4/h5-11H,1-4H3,(H,21,22). The van der Waals surface area contributed by atoms with Gasteiger partial charge in [-0.15, -0.1) is 0 Å². The van der Waals surface area contributed by atoms with Crippen LogP contribution in [0.2, 0.25) is 0 Å². The summed E-state index contributed by atoms with van der Waals surface area (Å²) in [6.07, 6.45) is 0. The Bertz CT molecular complexity index is 876. The Labute approximate surface area is 130 Å². The number of benzene rings is 2. The number of nitrogens with zero attached hydrogens (tertiary/aromatic N) is 1. The van der Waals surface area contributed by atoms with E-state index in [4.69, 9.17) is 0 Å². The smallest absolute Gasteiger partial charge is 0.270 e. The van der Waals surface area contributed by atoms with Crippen molar-refractivity contribution in [2.45, 2.75) is 33.2 Å². The highest BCUT2D eigenvalue weighted by Gasteiger charge is 2.17. The number of carbonyl (C=O) groups is 1. The summed E-state index contributed by atoms with van der Waals surface area (Å²) in [4.78, 5) is 16.9. The van der Waals surface area contributed by atoms with Crippen LogP contribution < -0.4 is 5.32 Å². The van der Waals surface area contributed by atoms with Gasteiger partial charge in [0.05, 0.1) is 0 Å². The first-order chi connectivity index (χ1) is 10.3. The summed E-state index contributed by atoms with van der Waals surface area (Å²) >= 11 is 0. The van der Waals surface area contributed by atoms with Crippen LogP contribution in [0, 0.1) is 6.92 Å². The topological polar surface area (TPSA) is 42.0 Å². The van der Waals surface area contributed by atoms with E-state index in [-0.39, 0.29) is 11.4 Å². The van der Waals surface area contributed by atoms with Crippen molar-refractivity contribution >= 4 is 27.5 Å². The van der Waals surface area contributed by atoms with Gasteiger partial charge in [0.25, 0.3) is 5.91 Å². The molecule has 0 fully saturated rings. The second kappa shape index (κ2) is 5.09. The van der Waals surface area contributed by atoms with Gasteiger partial charge in [-0.1, -0.05) is 36.4 Å². The second-order valence-electron chi connectivity index (χ2n) is 6.68. The minimum absolute atomic E-state index is 0.134. The largest absolute Gasteiger partial charge is 0.346 e. The maximum Gasteiger partial charge on any atom is 0.270 e. The molecule has 2 aromatic carbocycles. The van der Waals surface area contributed by atoms with E-state index >= 15 is 0 Å². The normalized spacial score (nSPS) is 11.8. The molecule has 0 aliphatic heterocycles. The van der Waals surface area contributed by atoms with Crippen molar-refractivity contribution < 1.29 is 4.79 Å². The third kappa shape index (κ3) is 2.67. The third-order valence-electron chi connectivity index (χ3n) is 3.65. The van der Waals surface area contributed by atoms with Crippen LogP contribution >= 0.6 is 0 Å². The Morgan fingerprint density at radius 3 is 2.45 bits per heavy atom. The van der Waals surface area contributed by atoms with Crippen LogP contribution in [0.4, 0.5) is 0 Å². The van der Waals surface area contributed by atoms with Gasteiger partial charge in [-0.05, 0) is 49.9 Å². The van der Waals surface area contributed by atoms with Crippen molar-refractivity contribution in [1.29, 1.82) is 0 Å². The van der Waals surface area contributed by atoms with Crippen LogP contribution in [-0.2, 0) is 0 Å². The predicted octanol–water partition coefficient (Wildman–Crippen LogP) is 4.22. The Hall–Kier alpha value is -2.42. The molecule has 22 heavy (non-hydrogen) atoms. The molecule has 0 aliphatic rings. The van der Waals surface area contributed by atoms with Gasteiger partial charge in [-0.3, -0.25) is 4.79 Å². The average molecular weight is 292 g/mol. The molecule has 0 radical (unpaired) electrons. The molecule has 0 bridgehead atoms. The van der Waals surface area contributed by atoms with Gasteiger partial charge in [-0.25, -0.2) is 4.98 Å². The number of hydrogen-bond donors (Lipinski definition) is 1. The second-order valence-corrected chi connectivity index (χ2v) is 6.68. The van der Waals surface area contributed by atoms with E-state index in [1.807, 2.05) is 45.9 Å². The molecule has 3 heteroatoms. The number of amides is 1. The molecule has 0 aliphatic carbocycles. The molecule has 0 atom stereocenters. The molecule has 1 amide bonds. The molecule has 1 aromatic heterocycles. The maximum atomic E-state index is 12.4. The summed E-state index contributed by atoms with van der Waals surface area (Å²) in [5.74, 6) is -0.134. The van der Waals surface area contributed by atoms with Gasteiger partial charge in [0.2, 0.25) is 0 Å². The molecule has 112 valence electrons. The van der Waals surface area contributed by atoms with Gasteiger partial charge in [0.15, 0.2) is 0 Å². The Balaban J connectivity index is 2.22. The molecule has 0 unspecified atom stereocenters. The molecular formula is C19H20N2O. The summed E-state index contributed by atoms with van der Waals surface area (Å²) in [5.41, 5.74) is 1.07. The molecule has 0 saturated heterocycles. The van der Waals surface area contributed by atoms with Gasteiger partial charge >= 0.3 is 0 Å². The Morgan fingerprint density at radius 2 is 1.73 bits per heavy atom. The number of nitrogens with one attached hydrogen (secondary N) is 1. The molecule has 0 saturated carbocycles. The molecule has 1 heterocycles. The fraction of sp³-hybridized carbons (Fsp3) is 0.263. The summed E-state index contributed by atoms with van der Waals surface area (Å²) in [6, 6.07) is 14.3. The van der Waals surface area contributed by atoms with E-state index in [1.165, 1.54) is 5.39 Å². The van der Waals surface area contributed by atoms with Gasteiger partial charge in [-0.2, -0.15) is 0 Å². The first-order valence-electron chi connectivity index (χ1n) is 7.47. The molecule has 3 rings (SSSR count). The van der Waals surface area contributed by atoms with Crippen LogP contribution in [0.25, 0.3) is 21.5 Å². The van der Waals surface area contributed by atoms with Gasteiger partial charge in [0, 0.05) is 16.6 Å². The number of rotatable bonds is 1. The molecular weight excluding hydrogens is 272 g/mol. The summed E-state index contributed by atoms with van der Waals surface area (Å²) in [6.45, 7) is 7.85. The number of carbonyl (C=O) groups excluding carboxylic acids is 1. The molecule has 3 nitrogen and oxygen atoms in total. The number of fused-ring (bicyclic) bond motifs is 3. The average Bonchev–Trinajstić information content (AvgIpc) is 2.45. The van der Waals surface area contributed by atoms with E-state index in [0.29, 0.717) is 5.69 Å². The van der Waals surface area contributed by atoms with Crippen molar-refractivity contribution in [1.82, 2.24) is 10.3 Å². The monoisotopic (exact) mass is 292 g/mol. The lowest BCUT2D eigenvalue weighted by molar-refractivity contribution is 0.0914. The molecule has 3 aromatic rings. The van der Waals surface area contributed by atoms with Crippen LogP contribution in [0.3, 0.4) is 0 Å². The van der Waals surface area contributed by atoms with Crippen molar-refractivity contribution in [2.24, 2.45) is 0 Å². The lowest BCUT2D eigenvalue weighted by Crippen LogP contribution is -2.41. The zero-order valence-electron chi connectivity index (χ0n) is 13.4. The Kier molecular flexibility index (Phi) is 3.36. The minimum atomic E-state index is -0.277. The highest BCUT2D eigenvalue weighted by molar-refractivity contribution is 6.10. The fourth-order valence-electron chi connectivity index (χ4n) is 2.70.